The van der Waals surface area contributed by atoms with Crippen molar-refractivity contribution in [2.75, 3.05) is 13.6 Å². The molecule has 0 radical (unpaired) electrons. The maximum atomic E-state index is 14.2. The summed E-state index contributed by atoms with van der Waals surface area (Å²) in [6.07, 6.45) is 6.24. The molecule has 0 bridgehead atoms. The van der Waals surface area contributed by atoms with E-state index in [0.29, 0.717) is 18.2 Å². The number of hydrogen-bond acceptors (Lipinski definition) is 2. The first-order chi connectivity index (χ1) is 10.1. The smallest absolute Gasteiger partial charge is 0.129 e. The van der Waals surface area contributed by atoms with Crippen LogP contribution in [0.15, 0.2) is 22.7 Å². The Morgan fingerprint density at radius 1 is 1.33 bits per heavy atom. The molecule has 2 rings (SSSR count). The highest BCUT2D eigenvalue weighted by Crippen LogP contribution is 2.33. The topological polar surface area (TPSA) is 29.3 Å². The average Bonchev–Trinajstić information content (AvgIpc) is 2.50. The van der Waals surface area contributed by atoms with Gasteiger partial charge in [0.1, 0.15) is 5.82 Å². The third-order valence-corrected chi connectivity index (χ3v) is 5.50. The van der Waals surface area contributed by atoms with Crippen molar-refractivity contribution in [3.05, 3.63) is 34.1 Å². The predicted molar refractivity (Wildman–Crippen MR) is 89.7 cm³/mol. The van der Waals surface area contributed by atoms with Crippen LogP contribution in [0.5, 0.6) is 0 Å². The van der Waals surface area contributed by atoms with Crippen molar-refractivity contribution in [1.29, 1.82) is 0 Å². The minimum Gasteiger partial charge on any atom is -0.329 e. The first kappa shape index (κ1) is 16.9. The third kappa shape index (κ3) is 4.05. The highest BCUT2D eigenvalue weighted by Gasteiger charge is 2.28. The molecular formula is C17H26BrFN2. The van der Waals surface area contributed by atoms with Crippen molar-refractivity contribution in [1.82, 2.24) is 4.90 Å². The minimum atomic E-state index is -0.172. The molecule has 1 aliphatic rings. The van der Waals surface area contributed by atoms with E-state index in [1.165, 1.54) is 38.2 Å². The second-order valence-corrected chi connectivity index (χ2v) is 7.08. The number of nitrogens with two attached hydrogens (primary N) is 1. The molecule has 21 heavy (non-hydrogen) atoms. The second-order valence-electron chi connectivity index (χ2n) is 6.17. The highest BCUT2D eigenvalue weighted by atomic mass is 79.9. The number of rotatable bonds is 5. The van der Waals surface area contributed by atoms with Crippen LogP contribution in [0.4, 0.5) is 4.39 Å². The zero-order valence-corrected chi connectivity index (χ0v) is 14.6. The van der Waals surface area contributed by atoms with Crippen molar-refractivity contribution in [2.45, 2.75) is 51.1 Å². The summed E-state index contributed by atoms with van der Waals surface area (Å²) in [4.78, 5) is 2.29. The van der Waals surface area contributed by atoms with E-state index in [1.54, 1.807) is 0 Å². The Bertz CT molecular complexity index is 458. The molecule has 1 aliphatic carbocycles. The van der Waals surface area contributed by atoms with E-state index in [1.807, 2.05) is 12.1 Å². The molecule has 0 aliphatic heterocycles. The molecule has 118 valence electrons. The predicted octanol–water partition coefficient (Wildman–Crippen LogP) is 4.49. The van der Waals surface area contributed by atoms with Gasteiger partial charge in [-0.3, -0.25) is 4.90 Å². The lowest BCUT2D eigenvalue weighted by atomic mass is 9.83. The van der Waals surface area contributed by atoms with Gasteiger partial charge in [-0.2, -0.15) is 0 Å². The number of benzene rings is 1. The maximum absolute atomic E-state index is 14.2. The van der Waals surface area contributed by atoms with Gasteiger partial charge in [0.2, 0.25) is 0 Å². The first-order valence-electron chi connectivity index (χ1n) is 7.93. The van der Waals surface area contributed by atoms with Gasteiger partial charge in [0.05, 0.1) is 0 Å². The van der Waals surface area contributed by atoms with Crippen LogP contribution >= 0.6 is 15.9 Å². The highest BCUT2D eigenvalue weighted by molar-refractivity contribution is 9.10. The van der Waals surface area contributed by atoms with Gasteiger partial charge in [0.25, 0.3) is 0 Å². The molecule has 0 saturated heterocycles. The van der Waals surface area contributed by atoms with Gasteiger partial charge >= 0.3 is 0 Å². The first-order valence-corrected chi connectivity index (χ1v) is 8.73. The van der Waals surface area contributed by atoms with Crippen molar-refractivity contribution in [3.8, 4) is 0 Å². The molecule has 2 nitrogen and oxygen atoms in total. The summed E-state index contributed by atoms with van der Waals surface area (Å²) in [5.74, 6) is 0.698. The summed E-state index contributed by atoms with van der Waals surface area (Å²) in [6.45, 7) is 2.72. The second kappa shape index (κ2) is 7.70. The van der Waals surface area contributed by atoms with Gasteiger partial charge < -0.3 is 5.73 Å². The number of likely N-dealkylation sites (N-methyl/N-ethyl adjacent to an activating group) is 1. The molecule has 1 atom stereocenters. The van der Waals surface area contributed by atoms with Crippen LogP contribution in [0, 0.1) is 11.7 Å². The fraction of sp³-hybridized carbons (Fsp3) is 0.647. The zero-order valence-electron chi connectivity index (χ0n) is 13.0. The van der Waals surface area contributed by atoms with Crippen molar-refractivity contribution < 1.29 is 4.39 Å². The monoisotopic (exact) mass is 356 g/mol. The molecule has 1 aromatic carbocycles. The van der Waals surface area contributed by atoms with E-state index >= 15 is 0 Å². The van der Waals surface area contributed by atoms with Gasteiger partial charge in [0, 0.05) is 28.7 Å². The van der Waals surface area contributed by atoms with Gasteiger partial charge in [-0.25, -0.2) is 4.39 Å². The minimum absolute atomic E-state index is 0.0405. The standard InChI is InChI=1S/C17H26BrFN2/c1-3-12-4-7-14(8-5-12)21(2)17(11-20)15-9-6-13(18)10-16(15)19/h6,9-10,12,14,17H,3-5,7-8,11,20H2,1-2H3. The molecule has 0 amide bonds. The summed E-state index contributed by atoms with van der Waals surface area (Å²) in [6, 6.07) is 5.75. The Hall–Kier alpha value is -0.450. The summed E-state index contributed by atoms with van der Waals surface area (Å²) in [5.41, 5.74) is 6.66. The van der Waals surface area contributed by atoms with E-state index in [9.17, 15) is 4.39 Å². The summed E-state index contributed by atoms with van der Waals surface area (Å²) in [7, 11) is 2.09. The molecule has 1 unspecified atom stereocenters. The van der Waals surface area contributed by atoms with Crippen molar-refractivity contribution >= 4 is 15.9 Å². The lowest BCUT2D eigenvalue weighted by molar-refractivity contribution is 0.120. The van der Waals surface area contributed by atoms with E-state index in [-0.39, 0.29) is 11.9 Å². The van der Waals surface area contributed by atoms with Crippen LogP contribution < -0.4 is 5.73 Å². The summed E-state index contributed by atoms with van der Waals surface area (Å²) >= 11 is 3.31. The van der Waals surface area contributed by atoms with E-state index in [2.05, 4.69) is 34.8 Å². The molecule has 0 spiro atoms. The molecular weight excluding hydrogens is 331 g/mol. The van der Waals surface area contributed by atoms with E-state index in [4.69, 9.17) is 5.73 Å². The van der Waals surface area contributed by atoms with E-state index in [0.717, 1.165) is 10.4 Å². The SMILES string of the molecule is CCC1CCC(N(C)C(CN)c2ccc(Br)cc2F)CC1. The van der Waals surface area contributed by atoms with Crippen LogP contribution in [0.25, 0.3) is 0 Å². The Balaban J connectivity index is 2.10. The largest absolute Gasteiger partial charge is 0.329 e. The Labute approximate surface area is 136 Å². The van der Waals surface area contributed by atoms with Crippen molar-refractivity contribution in [2.24, 2.45) is 11.7 Å². The molecule has 2 N–H and O–H groups in total. The summed E-state index contributed by atoms with van der Waals surface area (Å²) in [5, 5.41) is 0. The summed E-state index contributed by atoms with van der Waals surface area (Å²) < 4.78 is 15.0. The quantitative estimate of drug-likeness (QED) is 0.841. The van der Waals surface area contributed by atoms with Gasteiger partial charge in [-0.1, -0.05) is 35.3 Å². The molecule has 0 aromatic heterocycles. The van der Waals surface area contributed by atoms with Gasteiger partial charge in [0.15, 0.2) is 0 Å². The van der Waals surface area contributed by atoms with Crippen LogP contribution in [-0.4, -0.2) is 24.5 Å². The maximum Gasteiger partial charge on any atom is 0.129 e. The molecule has 1 saturated carbocycles. The Morgan fingerprint density at radius 3 is 2.52 bits per heavy atom. The third-order valence-electron chi connectivity index (χ3n) is 5.01. The van der Waals surface area contributed by atoms with Crippen LogP contribution in [0.2, 0.25) is 0 Å². The Kier molecular flexibility index (Phi) is 6.20. The molecule has 1 aromatic rings. The lowest BCUT2D eigenvalue weighted by Crippen LogP contribution is -2.41. The Morgan fingerprint density at radius 2 is 2.00 bits per heavy atom. The number of nitrogens with zero attached hydrogens (tertiary/aromatic N) is 1. The number of halogens is 2. The van der Waals surface area contributed by atoms with Crippen molar-refractivity contribution in [3.63, 3.8) is 0 Å². The fourth-order valence-electron chi connectivity index (χ4n) is 3.50. The zero-order chi connectivity index (χ0) is 15.4. The van der Waals surface area contributed by atoms with E-state index < -0.39 is 0 Å². The number of hydrogen-bond donors (Lipinski definition) is 1. The normalized spacial score (nSPS) is 24.3. The molecule has 0 heterocycles. The van der Waals surface area contributed by atoms with Gasteiger partial charge in [-0.15, -0.1) is 0 Å². The fourth-order valence-corrected chi connectivity index (χ4v) is 3.83. The van der Waals surface area contributed by atoms with Crippen LogP contribution in [-0.2, 0) is 0 Å². The van der Waals surface area contributed by atoms with Crippen LogP contribution in [0.3, 0.4) is 0 Å². The average molecular weight is 357 g/mol. The van der Waals surface area contributed by atoms with Gasteiger partial charge in [-0.05, 0) is 50.8 Å². The van der Waals surface area contributed by atoms with Crippen LogP contribution in [0.1, 0.15) is 50.6 Å². The lowest BCUT2D eigenvalue weighted by Gasteiger charge is -2.39. The molecule has 4 heteroatoms. The molecule has 1 fully saturated rings.